The molecule has 2 rings (SSSR count). The van der Waals surface area contributed by atoms with Gasteiger partial charge in [-0.3, -0.25) is 29.8 Å². The van der Waals surface area contributed by atoms with Gasteiger partial charge in [-0.1, -0.05) is 38.1 Å². The normalized spacial score (nSPS) is 11.6. The number of nitrogens with zero attached hydrogens (tertiary/aromatic N) is 4. The lowest BCUT2D eigenvalue weighted by atomic mass is 10.0. The van der Waals surface area contributed by atoms with Gasteiger partial charge in [0.05, 0.1) is 21.3 Å². The number of amides is 2. The third-order valence-electron chi connectivity index (χ3n) is 5.02. The zero-order valence-corrected chi connectivity index (χ0v) is 19.1. The van der Waals surface area contributed by atoms with Crippen LogP contribution in [0.4, 0.5) is 11.4 Å². The Labute approximate surface area is 195 Å². The monoisotopic (exact) mass is 468 g/mol. The van der Waals surface area contributed by atoms with Gasteiger partial charge in [0.2, 0.25) is 0 Å². The lowest BCUT2D eigenvalue weighted by Crippen LogP contribution is -2.36. The molecule has 0 atom stereocenters. The zero-order chi connectivity index (χ0) is 25.4. The minimum atomic E-state index is -1.11. The van der Waals surface area contributed by atoms with Crippen molar-refractivity contribution in [1.82, 2.24) is 10.9 Å². The Bertz CT molecular complexity index is 1110. The molecule has 12 nitrogen and oxygen atoms in total. The third kappa shape index (κ3) is 6.28. The molecule has 2 N–H and O–H groups in total. The summed E-state index contributed by atoms with van der Waals surface area (Å²) in [5.74, 6) is -2.22. The summed E-state index contributed by atoms with van der Waals surface area (Å²) in [6.07, 6.45) is 0.972. The number of benzene rings is 2. The first-order valence-corrected chi connectivity index (χ1v) is 10.3. The largest absolute Gasteiger partial charge is 0.331 e. The minimum Gasteiger partial charge on any atom is -0.262 e. The number of carbonyl (C=O) groups is 2. The molecule has 2 aromatic carbocycles. The second-order valence-corrected chi connectivity index (χ2v) is 7.18. The summed E-state index contributed by atoms with van der Waals surface area (Å²) in [6.45, 7) is 6.65. The molecule has 0 bridgehead atoms. The molecular weight excluding hydrogens is 444 g/mol. The molecule has 0 aliphatic carbocycles. The molecule has 0 saturated heterocycles. The van der Waals surface area contributed by atoms with E-state index in [9.17, 15) is 29.8 Å². The maximum atomic E-state index is 12.0. The van der Waals surface area contributed by atoms with Gasteiger partial charge < -0.3 is 0 Å². The van der Waals surface area contributed by atoms with Gasteiger partial charge in [0, 0.05) is 34.4 Å². The highest BCUT2D eigenvalue weighted by atomic mass is 16.6. The molecule has 0 fully saturated rings. The predicted octanol–water partition coefficient (Wildman–Crippen LogP) is 3.01. The molecule has 0 spiro atoms. The average molecular weight is 468 g/mol. The average Bonchev–Trinajstić information content (AvgIpc) is 2.84. The Morgan fingerprint density at radius 1 is 0.765 bits per heavy atom. The quantitative estimate of drug-likeness (QED) is 0.261. The number of nitrogens with one attached hydrogen (secondary N) is 2. The number of hydrogen-bond acceptors (Lipinski definition) is 8. The molecule has 0 aliphatic heterocycles. The van der Waals surface area contributed by atoms with Gasteiger partial charge in [0.15, 0.2) is 0 Å². The zero-order valence-electron chi connectivity index (χ0n) is 19.1. The van der Waals surface area contributed by atoms with E-state index >= 15 is 0 Å². The molecule has 2 amide bonds. The van der Waals surface area contributed by atoms with Gasteiger partial charge in [0.1, 0.15) is 0 Å². The Kier molecular flexibility index (Phi) is 8.65. The van der Waals surface area contributed by atoms with Crippen LogP contribution < -0.4 is 10.9 Å². The van der Waals surface area contributed by atoms with E-state index in [1.165, 1.54) is 26.0 Å². The Morgan fingerprint density at radius 2 is 1.12 bits per heavy atom. The number of nitro groups is 2. The lowest BCUT2D eigenvalue weighted by molar-refractivity contribution is -0.385. The molecule has 2 aromatic rings. The van der Waals surface area contributed by atoms with E-state index < -0.39 is 21.7 Å². The highest BCUT2D eigenvalue weighted by Gasteiger charge is 2.17. The fourth-order valence-corrected chi connectivity index (χ4v) is 3.02. The number of hydrogen-bond donors (Lipinski definition) is 2. The summed E-state index contributed by atoms with van der Waals surface area (Å²) in [5, 5.41) is 30.1. The van der Waals surface area contributed by atoms with E-state index in [2.05, 4.69) is 21.1 Å². The maximum absolute atomic E-state index is 12.0. The van der Waals surface area contributed by atoms with E-state index in [-0.39, 0.29) is 22.8 Å². The molecule has 0 aromatic heterocycles. The van der Waals surface area contributed by atoms with Crippen molar-refractivity contribution in [2.45, 2.75) is 40.5 Å². The van der Waals surface area contributed by atoms with Crippen molar-refractivity contribution in [3.63, 3.8) is 0 Å². The Balaban J connectivity index is 2.08. The number of aryl methyl sites for hydroxylation is 2. The number of carbonyl (C=O) groups excluding carboxylic acids is 2. The van der Waals surface area contributed by atoms with Crippen LogP contribution >= 0.6 is 0 Å². The van der Waals surface area contributed by atoms with Gasteiger partial charge in [-0.25, -0.2) is 10.9 Å². The van der Waals surface area contributed by atoms with Crippen molar-refractivity contribution in [3.05, 3.63) is 78.9 Å². The fourth-order valence-electron chi connectivity index (χ4n) is 3.02. The van der Waals surface area contributed by atoms with Crippen LogP contribution in [0.1, 0.15) is 49.9 Å². The first-order chi connectivity index (χ1) is 16.1. The topological polar surface area (TPSA) is 169 Å². The summed E-state index contributed by atoms with van der Waals surface area (Å²) in [4.78, 5) is 45.5. The third-order valence-corrected chi connectivity index (χ3v) is 5.02. The van der Waals surface area contributed by atoms with Crippen molar-refractivity contribution in [2.75, 3.05) is 0 Å². The number of hydrazone groups is 2. The van der Waals surface area contributed by atoms with Crippen LogP contribution in [0.3, 0.4) is 0 Å². The maximum Gasteiger partial charge on any atom is 0.331 e. The van der Waals surface area contributed by atoms with E-state index in [1.54, 1.807) is 38.1 Å². The predicted molar refractivity (Wildman–Crippen MR) is 126 cm³/mol. The van der Waals surface area contributed by atoms with E-state index in [0.717, 1.165) is 0 Å². The van der Waals surface area contributed by atoms with Crippen LogP contribution in [0.25, 0.3) is 0 Å². The highest BCUT2D eigenvalue weighted by molar-refractivity contribution is 6.35. The van der Waals surface area contributed by atoms with Gasteiger partial charge >= 0.3 is 11.8 Å². The molecule has 34 heavy (non-hydrogen) atoms. The Morgan fingerprint density at radius 3 is 1.41 bits per heavy atom. The van der Waals surface area contributed by atoms with Crippen molar-refractivity contribution in [1.29, 1.82) is 0 Å². The summed E-state index contributed by atoms with van der Waals surface area (Å²) in [5.41, 5.74) is 6.49. The molecule has 12 heteroatoms. The van der Waals surface area contributed by atoms with Gasteiger partial charge in [-0.05, 0) is 26.7 Å². The second-order valence-electron chi connectivity index (χ2n) is 7.18. The van der Waals surface area contributed by atoms with Crippen LogP contribution in [0.5, 0.6) is 0 Å². The molecule has 178 valence electrons. The Hall–Kier alpha value is -4.48. The summed E-state index contributed by atoms with van der Waals surface area (Å²) < 4.78 is 0. The fraction of sp³-hybridized carbons (Fsp3) is 0.273. The molecule has 0 saturated carbocycles. The smallest absolute Gasteiger partial charge is 0.262 e. The van der Waals surface area contributed by atoms with E-state index in [1.807, 2.05) is 0 Å². The summed E-state index contributed by atoms with van der Waals surface area (Å²) in [6, 6.07) is 9.17. The van der Waals surface area contributed by atoms with Crippen molar-refractivity contribution in [2.24, 2.45) is 10.2 Å². The number of rotatable bonds is 8. The van der Waals surface area contributed by atoms with Crippen LogP contribution in [0, 0.1) is 20.2 Å². The van der Waals surface area contributed by atoms with Crippen LogP contribution in [0.2, 0.25) is 0 Å². The second kappa shape index (κ2) is 11.4. The molecule has 0 aliphatic rings. The van der Waals surface area contributed by atoms with Gasteiger partial charge in [-0.2, -0.15) is 10.2 Å². The highest BCUT2D eigenvalue weighted by Crippen LogP contribution is 2.22. The van der Waals surface area contributed by atoms with Gasteiger partial charge in [0.25, 0.3) is 11.4 Å². The van der Waals surface area contributed by atoms with E-state index in [4.69, 9.17) is 0 Å². The van der Waals surface area contributed by atoms with Crippen molar-refractivity contribution < 1.29 is 19.4 Å². The molecular formula is C22H24N6O6. The molecule has 0 unspecified atom stereocenters. The number of nitro benzene ring substituents is 2. The molecule has 0 heterocycles. The van der Waals surface area contributed by atoms with E-state index in [0.29, 0.717) is 35.1 Å². The van der Waals surface area contributed by atoms with Crippen LogP contribution in [-0.2, 0) is 22.4 Å². The van der Waals surface area contributed by atoms with Crippen molar-refractivity contribution in [3.8, 4) is 0 Å². The van der Waals surface area contributed by atoms with Crippen LogP contribution in [0.15, 0.2) is 46.6 Å². The first kappa shape index (κ1) is 25.8. The standard InChI is InChI=1S/C22H24N6O6/c1-5-15-7-9-17(11-19(15)27(31)32)13(3)23-25-21(29)22(30)26-24-14(4)18-10-8-16(6-2)20(12-18)28(33)34/h7-12H,5-6H2,1-4H3,(H,25,29)(H,26,30)/b23-13-,24-14-. The summed E-state index contributed by atoms with van der Waals surface area (Å²) >= 11 is 0. The minimum absolute atomic E-state index is 0.0596. The molecule has 0 radical (unpaired) electrons. The first-order valence-electron chi connectivity index (χ1n) is 10.3. The SMILES string of the molecule is CCc1ccc(/C(C)=N\NC(=O)C(=O)N/N=C(/C)c2ccc(CC)c([N+](=O)[O-])c2)cc1[N+](=O)[O-]. The van der Waals surface area contributed by atoms with Gasteiger partial charge in [-0.15, -0.1) is 0 Å². The lowest BCUT2D eigenvalue weighted by Gasteiger charge is -2.06. The van der Waals surface area contributed by atoms with Crippen LogP contribution in [-0.4, -0.2) is 33.1 Å². The summed E-state index contributed by atoms with van der Waals surface area (Å²) in [7, 11) is 0. The van der Waals surface area contributed by atoms with Crippen molar-refractivity contribution >= 4 is 34.6 Å².